The number of fused-ring (bicyclic) bond motifs is 1. The fourth-order valence-electron chi connectivity index (χ4n) is 1.41. The SMILES string of the molecule is NC(=O)CC1Sc2ccccc2NC1=O. The van der Waals surface area contributed by atoms with Crippen molar-refractivity contribution in [1.82, 2.24) is 0 Å². The number of carbonyl (C=O) groups excluding carboxylic acids is 2. The standard InChI is InChI=1S/C10H10N2O2S/c11-9(13)5-8-10(14)12-6-3-1-2-4-7(6)15-8/h1-4,8H,5H2,(H2,11,13)(H,12,14). The summed E-state index contributed by atoms with van der Waals surface area (Å²) in [7, 11) is 0. The summed E-state index contributed by atoms with van der Waals surface area (Å²) < 4.78 is 0. The molecule has 78 valence electrons. The third kappa shape index (κ3) is 2.12. The average molecular weight is 222 g/mol. The molecule has 0 aliphatic carbocycles. The molecule has 1 atom stereocenters. The van der Waals surface area contributed by atoms with Gasteiger partial charge in [0.15, 0.2) is 0 Å². The summed E-state index contributed by atoms with van der Waals surface area (Å²) in [6.45, 7) is 0. The molecule has 5 heteroatoms. The smallest absolute Gasteiger partial charge is 0.238 e. The second-order valence-corrected chi connectivity index (χ2v) is 4.51. The lowest BCUT2D eigenvalue weighted by Crippen LogP contribution is -2.32. The van der Waals surface area contributed by atoms with Crippen LogP contribution in [0, 0.1) is 0 Å². The number of hydrogen-bond donors (Lipinski definition) is 2. The number of nitrogens with one attached hydrogen (secondary N) is 1. The Labute approximate surface area is 91.2 Å². The molecule has 0 aromatic heterocycles. The molecular formula is C10H10N2O2S. The highest BCUT2D eigenvalue weighted by Crippen LogP contribution is 2.36. The molecule has 1 aliphatic heterocycles. The molecule has 1 aromatic carbocycles. The van der Waals surface area contributed by atoms with Crippen LogP contribution in [0.4, 0.5) is 5.69 Å². The van der Waals surface area contributed by atoms with Gasteiger partial charge in [-0.1, -0.05) is 12.1 Å². The monoisotopic (exact) mass is 222 g/mol. The molecule has 0 bridgehead atoms. The fourth-order valence-corrected chi connectivity index (χ4v) is 2.53. The number of hydrogen-bond acceptors (Lipinski definition) is 3. The molecule has 2 rings (SSSR count). The minimum Gasteiger partial charge on any atom is -0.370 e. The first kappa shape index (κ1) is 10.0. The van der Waals surface area contributed by atoms with E-state index < -0.39 is 11.2 Å². The van der Waals surface area contributed by atoms with Gasteiger partial charge in [-0.3, -0.25) is 9.59 Å². The molecule has 1 aromatic rings. The van der Waals surface area contributed by atoms with E-state index in [1.54, 1.807) is 0 Å². The Hall–Kier alpha value is -1.49. The summed E-state index contributed by atoms with van der Waals surface area (Å²) in [5, 5.41) is 2.34. The first-order chi connectivity index (χ1) is 7.16. The van der Waals surface area contributed by atoms with E-state index in [-0.39, 0.29) is 12.3 Å². The van der Waals surface area contributed by atoms with Crippen molar-refractivity contribution in [3.8, 4) is 0 Å². The van der Waals surface area contributed by atoms with Gasteiger partial charge < -0.3 is 11.1 Å². The van der Waals surface area contributed by atoms with E-state index in [4.69, 9.17) is 5.73 Å². The van der Waals surface area contributed by atoms with E-state index in [2.05, 4.69) is 5.32 Å². The predicted molar refractivity (Wildman–Crippen MR) is 58.5 cm³/mol. The van der Waals surface area contributed by atoms with E-state index in [0.29, 0.717) is 0 Å². The molecule has 0 spiro atoms. The van der Waals surface area contributed by atoms with Crippen molar-refractivity contribution < 1.29 is 9.59 Å². The second kappa shape index (κ2) is 3.94. The third-order valence-corrected chi connectivity index (χ3v) is 3.37. The molecule has 4 nitrogen and oxygen atoms in total. The summed E-state index contributed by atoms with van der Waals surface area (Å²) in [6.07, 6.45) is 0.0742. The minimum absolute atomic E-state index is 0.0742. The largest absolute Gasteiger partial charge is 0.370 e. The molecule has 1 heterocycles. The Morgan fingerprint density at radius 3 is 2.93 bits per heavy atom. The molecule has 15 heavy (non-hydrogen) atoms. The highest BCUT2D eigenvalue weighted by atomic mass is 32.2. The Balaban J connectivity index is 2.22. The topological polar surface area (TPSA) is 72.2 Å². The molecular weight excluding hydrogens is 212 g/mol. The van der Waals surface area contributed by atoms with Gasteiger partial charge in [0.1, 0.15) is 0 Å². The van der Waals surface area contributed by atoms with E-state index in [9.17, 15) is 9.59 Å². The first-order valence-electron chi connectivity index (χ1n) is 4.51. The summed E-state index contributed by atoms with van der Waals surface area (Å²) >= 11 is 1.38. The van der Waals surface area contributed by atoms with Crippen LogP contribution in [0.5, 0.6) is 0 Å². The number of amides is 2. The van der Waals surface area contributed by atoms with Crippen LogP contribution in [-0.4, -0.2) is 17.1 Å². The number of anilines is 1. The second-order valence-electron chi connectivity index (χ2n) is 3.26. The van der Waals surface area contributed by atoms with Crippen LogP contribution in [0.2, 0.25) is 0 Å². The van der Waals surface area contributed by atoms with Crippen molar-refractivity contribution in [2.45, 2.75) is 16.6 Å². The maximum atomic E-state index is 11.6. The quantitative estimate of drug-likeness (QED) is 0.783. The number of nitrogens with two attached hydrogens (primary N) is 1. The lowest BCUT2D eigenvalue weighted by molar-refractivity contribution is -0.121. The number of para-hydroxylation sites is 1. The number of thioether (sulfide) groups is 1. The number of carbonyl (C=O) groups is 2. The van der Waals surface area contributed by atoms with Crippen molar-refractivity contribution in [3.05, 3.63) is 24.3 Å². The molecule has 0 radical (unpaired) electrons. The molecule has 3 N–H and O–H groups in total. The van der Waals surface area contributed by atoms with Gasteiger partial charge in [0.05, 0.1) is 10.9 Å². The summed E-state index contributed by atoms with van der Waals surface area (Å²) in [6, 6.07) is 7.49. The van der Waals surface area contributed by atoms with Crippen LogP contribution in [0.1, 0.15) is 6.42 Å². The van der Waals surface area contributed by atoms with Crippen LogP contribution < -0.4 is 11.1 Å². The lowest BCUT2D eigenvalue weighted by Gasteiger charge is -2.22. The van der Waals surface area contributed by atoms with Crippen molar-refractivity contribution in [1.29, 1.82) is 0 Å². The van der Waals surface area contributed by atoms with Gasteiger partial charge in [-0.2, -0.15) is 0 Å². The normalized spacial score (nSPS) is 19.2. The number of rotatable bonds is 2. The Kier molecular flexibility index (Phi) is 2.64. The molecule has 0 saturated heterocycles. The first-order valence-corrected chi connectivity index (χ1v) is 5.39. The highest BCUT2D eigenvalue weighted by Gasteiger charge is 2.27. The van der Waals surface area contributed by atoms with E-state index in [1.807, 2.05) is 24.3 Å². The van der Waals surface area contributed by atoms with Crippen molar-refractivity contribution in [2.24, 2.45) is 5.73 Å². The van der Waals surface area contributed by atoms with E-state index in [0.717, 1.165) is 10.6 Å². The molecule has 2 amide bonds. The van der Waals surface area contributed by atoms with Gasteiger partial charge in [0.2, 0.25) is 11.8 Å². The van der Waals surface area contributed by atoms with Gasteiger partial charge in [-0.15, -0.1) is 11.8 Å². The van der Waals surface area contributed by atoms with Gasteiger partial charge in [-0.25, -0.2) is 0 Å². The van der Waals surface area contributed by atoms with Crippen molar-refractivity contribution >= 4 is 29.3 Å². The Morgan fingerprint density at radius 2 is 2.20 bits per heavy atom. The zero-order valence-corrected chi connectivity index (χ0v) is 8.71. The Morgan fingerprint density at radius 1 is 1.47 bits per heavy atom. The number of primary amides is 1. The lowest BCUT2D eigenvalue weighted by atomic mass is 10.2. The van der Waals surface area contributed by atoms with Crippen molar-refractivity contribution in [3.63, 3.8) is 0 Å². The summed E-state index contributed by atoms with van der Waals surface area (Å²) in [5.41, 5.74) is 5.87. The van der Waals surface area contributed by atoms with Crippen LogP contribution in [0.15, 0.2) is 29.2 Å². The van der Waals surface area contributed by atoms with Gasteiger partial charge in [0.25, 0.3) is 0 Å². The summed E-state index contributed by atoms with van der Waals surface area (Å²) in [5.74, 6) is -0.612. The number of benzene rings is 1. The van der Waals surface area contributed by atoms with Crippen LogP contribution in [0.3, 0.4) is 0 Å². The molecule has 1 unspecified atom stereocenters. The highest BCUT2D eigenvalue weighted by molar-refractivity contribution is 8.01. The van der Waals surface area contributed by atoms with Crippen LogP contribution in [-0.2, 0) is 9.59 Å². The Bertz CT molecular complexity index is 420. The summed E-state index contributed by atoms with van der Waals surface area (Å²) in [4.78, 5) is 23.3. The third-order valence-electron chi connectivity index (χ3n) is 2.09. The molecule has 0 fully saturated rings. The van der Waals surface area contributed by atoms with Crippen LogP contribution in [0.25, 0.3) is 0 Å². The van der Waals surface area contributed by atoms with Gasteiger partial charge in [0, 0.05) is 11.3 Å². The van der Waals surface area contributed by atoms with Gasteiger partial charge >= 0.3 is 0 Å². The fraction of sp³-hybridized carbons (Fsp3) is 0.200. The van der Waals surface area contributed by atoms with Crippen molar-refractivity contribution in [2.75, 3.05) is 5.32 Å². The van der Waals surface area contributed by atoms with Crippen LogP contribution >= 0.6 is 11.8 Å². The maximum Gasteiger partial charge on any atom is 0.238 e. The molecule has 1 aliphatic rings. The van der Waals surface area contributed by atoms with E-state index >= 15 is 0 Å². The van der Waals surface area contributed by atoms with Gasteiger partial charge in [-0.05, 0) is 12.1 Å². The zero-order valence-electron chi connectivity index (χ0n) is 7.90. The maximum absolute atomic E-state index is 11.6. The molecule has 0 saturated carbocycles. The average Bonchev–Trinajstić information content (AvgIpc) is 2.18. The zero-order chi connectivity index (χ0) is 10.8. The predicted octanol–water partition coefficient (Wildman–Crippen LogP) is 0.975. The van der Waals surface area contributed by atoms with E-state index in [1.165, 1.54) is 11.8 Å². The minimum atomic E-state index is -0.456.